The van der Waals surface area contributed by atoms with E-state index in [9.17, 15) is 9.59 Å². The fourth-order valence-corrected chi connectivity index (χ4v) is 2.31. The van der Waals surface area contributed by atoms with Crippen LogP contribution in [0.3, 0.4) is 0 Å². The van der Waals surface area contributed by atoms with Crippen LogP contribution in [0, 0.1) is 0 Å². The summed E-state index contributed by atoms with van der Waals surface area (Å²) in [5.74, 6) is 1.09. The molecule has 0 saturated carbocycles. The van der Waals surface area contributed by atoms with Crippen molar-refractivity contribution in [3.8, 4) is 17.2 Å². The van der Waals surface area contributed by atoms with E-state index in [1.807, 2.05) is 0 Å². The van der Waals surface area contributed by atoms with Gasteiger partial charge in [-0.25, -0.2) is 0 Å². The molecule has 2 amide bonds. The molecule has 0 aliphatic rings. The normalized spacial score (nSPS) is 10.0. The summed E-state index contributed by atoms with van der Waals surface area (Å²) in [6.07, 6.45) is 0. The first-order valence-corrected chi connectivity index (χ1v) is 7.89. The molecule has 26 heavy (non-hydrogen) atoms. The van der Waals surface area contributed by atoms with Gasteiger partial charge in [-0.05, 0) is 36.4 Å². The second-order valence-corrected chi connectivity index (χ2v) is 5.54. The summed E-state index contributed by atoms with van der Waals surface area (Å²) in [6.45, 7) is -0.0929. The van der Waals surface area contributed by atoms with Crippen molar-refractivity contribution in [1.82, 2.24) is 4.90 Å². The standard InChI is InChI=1S/C19H22N2O5/c1-21(12-18(22)20-14-5-7-15(24-2)8-6-14)19(23)13-9-16(25-3)11-17(10-13)26-4/h5-11H,12H2,1-4H3,(H,20,22). The maximum absolute atomic E-state index is 12.6. The third-order valence-electron chi connectivity index (χ3n) is 3.70. The van der Waals surface area contributed by atoms with Gasteiger partial charge in [0.1, 0.15) is 17.2 Å². The lowest BCUT2D eigenvalue weighted by molar-refractivity contribution is -0.116. The molecule has 2 rings (SSSR count). The molecule has 0 heterocycles. The third-order valence-corrected chi connectivity index (χ3v) is 3.70. The number of benzene rings is 2. The lowest BCUT2D eigenvalue weighted by Gasteiger charge is -2.18. The quantitative estimate of drug-likeness (QED) is 0.823. The van der Waals surface area contributed by atoms with E-state index < -0.39 is 0 Å². The summed E-state index contributed by atoms with van der Waals surface area (Å²) in [5.41, 5.74) is 1.00. The number of rotatable bonds is 7. The summed E-state index contributed by atoms with van der Waals surface area (Å²) in [6, 6.07) is 11.8. The molecule has 0 aliphatic heterocycles. The molecule has 2 aromatic rings. The third kappa shape index (κ3) is 4.89. The number of hydrogen-bond donors (Lipinski definition) is 1. The Balaban J connectivity index is 2.02. The SMILES string of the molecule is COc1ccc(NC(=O)CN(C)C(=O)c2cc(OC)cc(OC)c2)cc1. The Hall–Kier alpha value is -3.22. The number of nitrogens with zero attached hydrogens (tertiary/aromatic N) is 1. The molecule has 0 saturated heterocycles. The number of anilines is 1. The van der Waals surface area contributed by atoms with Crippen molar-refractivity contribution >= 4 is 17.5 Å². The number of carbonyl (C=O) groups is 2. The highest BCUT2D eigenvalue weighted by molar-refractivity contribution is 5.99. The van der Waals surface area contributed by atoms with Crippen LogP contribution in [-0.4, -0.2) is 51.6 Å². The van der Waals surface area contributed by atoms with Crippen LogP contribution in [0.5, 0.6) is 17.2 Å². The highest BCUT2D eigenvalue weighted by Gasteiger charge is 2.17. The Morgan fingerprint density at radius 3 is 1.92 bits per heavy atom. The van der Waals surface area contributed by atoms with E-state index in [4.69, 9.17) is 14.2 Å². The van der Waals surface area contributed by atoms with Crippen LogP contribution in [0.2, 0.25) is 0 Å². The molecule has 2 aromatic carbocycles. The number of carbonyl (C=O) groups excluding carboxylic acids is 2. The largest absolute Gasteiger partial charge is 0.497 e. The van der Waals surface area contributed by atoms with E-state index in [2.05, 4.69) is 5.32 Å². The van der Waals surface area contributed by atoms with Crippen LogP contribution < -0.4 is 19.5 Å². The summed E-state index contributed by atoms with van der Waals surface area (Å²) in [5, 5.41) is 2.74. The molecular formula is C19H22N2O5. The predicted molar refractivity (Wildman–Crippen MR) is 98.1 cm³/mol. The molecular weight excluding hydrogens is 336 g/mol. The van der Waals surface area contributed by atoms with Crippen molar-refractivity contribution in [1.29, 1.82) is 0 Å². The number of ether oxygens (including phenoxy) is 3. The van der Waals surface area contributed by atoms with Crippen molar-refractivity contribution < 1.29 is 23.8 Å². The van der Waals surface area contributed by atoms with Gasteiger partial charge in [0.05, 0.1) is 27.9 Å². The molecule has 0 aromatic heterocycles. The average Bonchev–Trinajstić information content (AvgIpc) is 2.67. The van der Waals surface area contributed by atoms with Crippen molar-refractivity contribution in [2.75, 3.05) is 40.2 Å². The molecule has 0 spiro atoms. The first-order chi connectivity index (χ1) is 12.5. The number of methoxy groups -OCH3 is 3. The van der Waals surface area contributed by atoms with Gasteiger partial charge in [-0.3, -0.25) is 9.59 Å². The zero-order chi connectivity index (χ0) is 19.1. The minimum atomic E-state index is -0.313. The number of likely N-dealkylation sites (N-methyl/N-ethyl adjacent to an activating group) is 1. The Morgan fingerprint density at radius 1 is 0.885 bits per heavy atom. The smallest absolute Gasteiger partial charge is 0.254 e. The average molecular weight is 358 g/mol. The Morgan fingerprint density at radius 2 is 1.42 bits per heavy atom. The van der Waals surface area contributed by atoms with Crippen molar-refractivity contribution in [3.05, 3.63) is 48.0 Å². The number of amides is 2. The molecule has 0 radical (unpaired) electrons. The molecule has 0 unspecified atom stereocenters. The van der Waals surface area contributed by atoms with E-state index in [0.717, 1.165) is 0 Å². The van der Waals surface area contributed by atoms with Gasteiger partial charge >= 0.3 is 0 Å². The first-order valence-electron chi connectivity index (χ1n) is 7.89. The van der Waals surface area contributed by atoms with Gasteiger partial charge in [-0.15, -0.1) is 0 Å². The predicted octanol–water partition coefficient (Wildman–Crippen LogP) is 2.42. The lowest BCUT2D eigenvalue weighted by Crippen LogP contribution is -2.34. The van der Waals surface area contributed by atoms with Gasteiger partial charge in [-0.1, -0.05) is 0 Å². The summed E-state index contributed by atoms with van der Waals surface area (Å²) in [4.78, 5) is 26.1. The van der Waals surface area contributed by atoms with Crippen LogP contribution in [0.15, 0.2) is 42.5 Å². The zero-order valence-electron chi connectivity index (χ0n) is 15.2. The molecule has 0 aliphatic carbocycles. The highest BCUT2D eigenvalue weighted by atomic mass is 16.5. The molecule has 138 valence electrons. The summed E-state index contributed by atoms with van der Waals surface area (Å²) >= 11 is 0. The summed E-state index contributed by atoms with van der Waals surface area (Å²) in [7, 11) is 6.15. The second kappa shape index (κ2) is 8.75. The van der Waals surface area contributed by atoms with Crippen molar-refractivity contribution in [3.63, 3.8) is 0 Å². The molecule has 0 fully saturated rings. The van der Waals surface area contributed by atoms with Gasteiger partial charge in [0.25, 0.3) is 5.91 Å². The van der Waals surface area contributed by atoms with Crippen LogP contribution in [0.1, 0.15) is 10.4 Å². The molecule has 0 bridgehead atoms. The van der Waals surface area contributed by atoms with Gasteiger partial charge in [-0.2, -0.15) is 0 Å². The Kier molecular flexibility index (Phi) is 6.43. The maximum Gasteiger partial charge on any atom is 0.254 e. The minimum Gasteiger partial charge on any atom is -0.497 e. The van der Waals surface area contributed by atoms with Crippen molar-refractivity contribution in [2.24, 2.45) is 0 Å². The van der Waals surface area contributed by atoms with Gasteiger partial charge < -0.3 is 24.4 Å². The fraction of sp³-hybridized carbons (Fsp3) is 0.263. The van der Waals surface area contributed by atoms with E-state index in [1.165, 1.54) is 19.1 Å². The van der Waals surface area contributed by atoms with E-state index in [-0.39, 0.29) is 18.4 Å². The van der Waals surface area contributed by atoms with E-state index in [0.29, 0.717) is 28.5 Å². The van der Waals surface area contributed by atoms with Gasteiger partial charge in [0.15, 0.2) is 0 Å². The van der Waals surface area contributed by atoms with Crippen LogP contribution >= 0.6 is 0 Å². The molecule has 7 nitrogen and oxygen atoms in total. The summed E-state index contributed by atoms with van der Waals surface area (Å²) < 4.78 is 15.4. The lowest BCUT2D eigenvalue weighted by atomic mass is 10.1. The zero-order valence-corrected chi connectivity index (χ0v) is 15.2. The first kappa shape index (κ1) is 19.1. The molecule has 7 heteroatoms. The Labute approximate surface area is 152 Å². The topological polar surface area (TPSA) is 77.1 Å². The second-order valence-electron chi connectivity index (χ2n) is 5.54. The number of hydrogen-bond acceptors (Lipinski definition) is 5. The minimum absolute atomic E-state index is 0.0929. The van der Waals surface area contributed by atoms with Gasteiger partial charge in [0, 0.05) is 24.4 Å². The highest BCUT2D eigenvalue weighted by Crippen LogP contribution is 2.23. The van der Waals surface area contributed by atoms with Crippen LogP contribution in [0.4, 0.5) is 5.69 Å². The number of nitrogens with one attached hydrogen (secondary N) is 1. The molecule has 0 atom stereocenters. The fourth-order valence-electron chi connectivity index (χ4n) is 2.31. The van der Waals surface area contributed by atoms with Gasteiger partial charge in [0.2, 0.25) is 5.91 Å². The maximum atomic E-state index is 12.6. The Bertz CT molecular complexity index is 752. The molecule has 1 N–H and O–H groups in total. The van der Waals surface area contributed by atoms with Crippen LogP contribution in [0.25, 0.3) is 0 Å². The van der Waals surface area contributed by atoms with Crippen LogP contribution in [-0.2, 0) is 4.79 Å². The van der Waals surface area contributed by atoms with Crippen molar-refractivity contribution in [2.45, 2.75) is 0 Å². The van der Waals surface area contributed by atoms with E-state index >= 15 is 0 Å². The van der Waals surface area contributed by atoms with E-state index in [1.54, 1.807) is 56.6 Å². The monoisotopic (exact) mass is 358 g/mol.